The molecule has 2 rings (SSSR count). The van der Waals surface area contributed by atoms with E-state index in [9.17, 15) is 5.11 Å². The molecular formula is C23H32O2Si. The maximum atomic E-state index is 10.3. The lowest BCUT2D eigenvalue weighted by Gasteiger charge is -2.43. The van der Waals surface area contributed by atoms with Crippen molar-refractivity contribution < 1.29 is 9.53 Å². The zero-order valence-electron chi connectivity index (χ0n) is 16.5. The van der Waals surface area contributed by atoms with Crippen molar-refractivity contribution in [3.63, 3.8) is 0 Å². The van der Waals surface area contributed by atoms with Crippen LogP contribution in [0, 0.1) is 5.92 Å². The first-order chi connectivity index (χ1) is 12.3. The fraction of sp³-hybridized carbons (Fsp3) is 0.391. The van der Waals surface area contributed by atoms with Gasteiger partial charge in [0.25, 0.3) is 8.32 Å². The van der Waals surface area contributed by atoms with Crippen LogP contribution in [0.15, 0.2) is 73.3 Å². The summed E-state index contributed by atoms with van der Waals surface area (Å²) in [7, 11) is -2.52. The number of aliphatic hydroxyl groups excluding tert-OH is 1. The van der Waals surface area contributed by atoms with Crippen molar-refractivity contribution in [2.24, 2.45) is 5.92 Å². The van der Waals surface area contributed by atoms with Crippen LogP contribution in [0.1, 0.15) is 34.1 Å². The lowest BCUT2D eigenvalue weighted by molar-refractivity contribution is 0.0839. The van der Waals surface area contributed by atoms with E-state index in [1.807, 2.05) is 19.1 Å². The highest BCUT2D eigenvalue weighted by atomic mass is 28.4. The minimum absolute atomic E-state index is 0.0428. The predicted octanol–water partition coefficient (Wildman–Crippen LogP) is 4.14. The van der Waals surface area contributed by atoms with Crippen LogP contribution in [0.4, 0.5) is 0 Å². The normalized spacial score (nSPS) is 14.7. The van der Waals surface area contributed by atoms with E-state index in [0.29, 0.717) is 13.0 Å². The lowest BCUT2D eigenvalue weighted by atomic mass is 10.0. The molecule has 0 unspecified atom stereocenters. The van der Waals surface area contributed by atoms with E-state index < -0.39 is 14.4 Å². The molecule has 0 amide bonds. The van der Waals surface area contributed by atoms with E-state index in [4.69, 9.17) is 4.43 Å². The van der Waals surface area contributed by atoms with Crippen molar-refractivity contribution in [1.82, 2.24) is 0 Å². The minimum Gasteiger partial charge on any atom is -0.407 e. The highest BCUT2D eigenvalue weighted by Gasteiger charge is 2.50. The Morgan fingerprint density at radius 3 is 1.85 bits per heavy atom. The van der Waals surface area contributed by atoms with Gasteiger partial charge < -0.3 is 9.53 Å². The Bertz CT molecular complexity index is 637. The largest absolute Gasteiger partial charge is 0.407 e. The number of hydrogen-bond acceptors (Lipinski definition) is 2. The number of rotatable bonds is 8. The fourth-order valence-electron chi connectivity index (χ4n) is 3.53. The molecule has 0 aromatic heterocycles. The summed E-state index contributed by atoms with van der Waals surface area (Å²) in [6.07, 6.45) is 1.93. The molecule has 0 radical (unpaired) electrons. The number of hydrogen-bond donors (Lipinski definition) is 1. The van der Waals surface area contributed by atoms with E-state index >= 15 is 0 Å². The summed E-state index contributed by atoms with van der Waals surface area (Å²) in [5.41, 5.74) is 0. The van der Waals surface area contributed by atoms with Gasteiger partial charge in [-0.3, -0.25) is 0 Å². The Kier molecular flexibility index (Phi) is 6.99. The molecule has 0 bridgehead atoms. The van der Waals surface area contributed by atoms with Crippen LogP contribution in [0.25, 0.3) is 0 Å². The van der Waals surface area contributed by atoms with E-state index in [-0.39, 0.29) is 11.0 Å². The van der Waals surface area contributed by atoms with Gasteiger partial charge in [0.15, 0.2) is 0 Å². The third kappa shape index (κ3) is 4.34. The maximum Gasteiger partial charge on any atom is 0.261 e. The first-order valence-corrected chi connectivity index (χ1v) is 11.3. The average molecular weight is 369 g/mol. The SMILES string of the molecule is C=CC[C@@H](O)[C@H](C)CO[Si](c1ccccc1)(c1ccccc1)C(C)(C)C. The zero-order chi connectivity index (χ0) is 19.2. The van der Waals surface area contributed by atoms with Crippen molar-refractivity contribution >= 4 is 18.7 Å². The Hall–Kier alpha value is -1.68. The molecule has 0 saturated carbocycles. The average Bonchev–Trinajstić information content (AvgIpc) is 2.63. The molecule has 0 heterocycles. The molecule has 26 heavy (non-hydrogen) atoms. The highest BCUT2D eigenvalue weighted by molar-refractivity contribution is 6.99. The van der Waals surface area contributed by atoms with Crippen LogP contribution in [-0.2, 0) is 4.43 Å². The topological polar surface area (TPSA) is 29.5 Å². The molecule has 2 nitrogen and oxygen atoms in total. The molecule has 1 N–H and O–H groups in total. The van der Waals surface area contributed by atoms with Crippen molar-refractivity contribution in [3.05, 3.63) is 73.3 Å². The summed E-state index contributed by atoms with van der Waals surface area (Å²) in [6, 6.07) is 21.2. The molecule has 0 spiro atoms. The Labute approximate surface area is 159 Å². The fourth-order valence-corrected chi connectivity index (χ4v) is 8.20. The third-order valence-corrected chi connectivity index (χ3v) is 10.0. The second kappa shape index (κ2) is 8.80. The lowest BCUT2D eigenvalue weighted by Crippen LogP contribution is -2.67. The molecule has 2 aromatic carbocycles. The second-order valence-electron chi connectivity index (χ2n) is 8.04. The minimum atomic E-state index is -2.52. The van der Waals surface area contributed by atoms with Gasteiger partial charge in [0.1, 0.15) is 0 Å². The standard InChI is InChI=1S/C23H32O2Si/c1-6-13-22(24)19(2)18-25-26(23(3,4)5,20-14-9-7-10-15-20)21-16-11-8-12-17-21/h6-12,14-17,19,22,24H,1,13,18H2,2-5H3/t19-,22-/m1/s1. The van der Waals surface area contributed by atoms with Crippen LogP contribution < -0.4 is 10.4 Å². The molecule has 0 aliphatic rings. The van der Waals surface area contributed by atoms with Gasteiger partial charge in [0.05, 0.1) is 6.10 Å². The second-order valence-corrected chi connectivity index (χ2v) is 12.3. The molecule has 2 atom stereocenters. The van der Waals surface area contributed by atoms with Gasteiger partial charge in [-0.1, -0.05) is 94.4 Å². The summed E-state index contributed by atoms with van der Waals surface area (Å²) in [5.74, 6) is 0.0506. The van der Waals surface area contributed by atoms with Gasteiger partial charge in [-0.05, 0) is 21.8 Å². The van der Waals surface area contributed by atoms with Crippen molar-refractivity contribution in [3.8, 4) is 0 Å². The summed E-state index contributed by atoms with van der Waals surface area (Å²) >= 11 is 0. The van der Waals surface area contributed by atoms with Crippen LogP contribution in [0.3, 0.4) is 0 Å². The first kappa shape index (κ1) is 20.6. The summed E-state index contributed by atoms with van der Waals surface area (Å²) in [4.78, 5) is 0. The van der Waals surface area contributed by atoms with Gasteiger partial charge >= 0.3 is 0 Å². The van der Waals surface area contributed by atoms with Gasteiger partial charge in [-0.25, -0.2) is 0 Å². The quantitative estimate of drug-likeness (QED) is 0.561. The molecule has 2 aromatic rings. The third-order valence-electron chi connectivity index (χ3n) is 5.04. The van der Waals surface area contributed by atoms with E-state index in [1.54, 1.807) is 6.08 Å². The number of benzene rings is 2. The maximum absolute atomic E-state index is 10.3. The van der Waals surface area contributed by atoms with Crippen LogP contribution >= 0.6 is 0 Å². The Balaban J connectivity index is 2.49. The number of aliphatic hydroxyl groups is 1. The smallest absolute Gasteiger partial charge is 0.261 e. The first-order valence-electron chi connectivity index (χ1n) is 9.37. The molecule has 0 saturated heterocycles. The van der Waals surface area contributed by atoms with Gasteiger partial charge in [-0.15, -0.1) is 6.58 Å². The molecule has 0 aliphatic carbocycles. The summed E-state index contributed by atoms with van der Waals surface area (Å²) in [6.45, 7) is 13.1. The van der Waals surface area contributed by atoms with Crippen LogP contribution in [0.5, 0.6) is 0 Å². The van der Waals surface area contributed by atoms with E-state index in [1.165, 1.54) is 10.4 Å². The monoisotopic (exact) mass is 368 g/mol. The molecule has 3 heteroatoms. The van der Waals surface area contributed by atoms with Crippen LogP contribution in [-0.4, -0.2) is 26.1 Å². The summed E-state index contributed by atoms with van der Waals surface area (Å²) < 4.78 is 6.84. The Morgan fingerprint density at radius 1 is 1.00 bits per heavy atom. The van der Waals surface area contributed by atoms with E-state index in [0.717, 1.165) is 0 Å². The predicted molar refractivity (Wildman–Crippen MR) is 114 cm³/mol. The van der Waals surface area contributed by atoms with Crippen molar-refractivity contribution in [1.29, 1.82) is 0 Å². The van der Waals surface area contributed by atoms with Crippen LogP contribution in [0.2, 0.25) is 5.04 Å². The van der Waals surface area contributed by atoms with Gasteiger partial charge in [0, 0.05) is 12.5 Å². The summed E-state index contributed by atoms with van der Waals surface area (Å²) in [5, 5.41) is 12.8. The highest BCUT2D eigenvalue weighted by Crippen LogP contribution is 2.37. The zero-order valence-corrected chi connectivity index (χ0v) is 17.5. The molecule has 140 valence electrons. The Morgan fingerprint density at radius 2 is 1.46 bits per heavy atom. The molecule has 0 aliphatic heterocycles. The van der Waals surface area contributed by atoms with Crippen molar-refractivity contribution in [2.75, 3.05) is 6.61 Å². The van der Waals surface area contributed by atoms with Crippen molar-refractivity contribution in [2.45, 2.75) is 45.3 Å². The van der Waals surface area contributed by atoms with E-state index in [2.05, 4.69) is 75.9 Å². The van der Waals surface area contributed by atoms with Gasteiger partial charge in [-0.2, -0.15) is 0 Å². The van der Waals surface area contributed by atoms with Gasteiger partial charge in [0.2, 0.25) is 0 Å². The molecule has 0 fully saturated rings. The molecular weight excluding hydrogens is 336 g/mol.